The van der Waals surface area contributed by atoms with Crippen LogP contribution in [0.2, 0.25) is 0 Å². The fraction of sp³-hybridized carbons (Fsp3) is 0.375. The van der Waals surface area contributed by atoms with Gasteiger partial charge in [-0.3, -0.25) is 9.48 Å². The lowest BCUT2D eigenvalue weighted by atomic mass is 10.1. The summed E-state index contributed by atoms with van der Waals surface area (Å²) in [5, 5.41) is 7.65. The summed E-state index contributed by atoms with van der Waals surface area (Å²) in [4.78, 5) is 14.3. The van der Waals surface area contributed by atoms with Gasteiger partial charge in [0.1, 0.15) is 0 Å². The van der Waals surface area contributed by atoms with Gasteiger partial charge in [0.2, 0.25) is 5.91 Å². The number of hydrogen-bond acceptors (Lipinski definition) is 3. The van der Waals surface area contributed by atoms with E-state index < -0.39 is 0 Å². The molecule has 110 valence electrons. The van der Waals surface area contributed by atoms with E-state index in [1.807, 2.05) is 34.7 Å². The molecule has 0 spiro atoms. The largest absolute Gasteiger partial charge is 0.305 e. The number of aromatic nitrogens is 2. The molecule has 5 heteroatoms. The number of carbonyl (C=O) groups excluding carboxylic acids is 1. The summed E-state index contributed by atoms with van der Waals surface area (Å²) in [6, 6.07) is 10.1. The molecule has 0 saturated carbocycles. The zero-order chi connectivity index (χ0) is 14.8. The number of aryl methyl sites for hydroxylation is 2. The van der Waals surface area contributed by atoms with Crippen LogP contribution in [0.3, 0.4) is 0 Å². The first-order valence-electron chi connectivity index (χ1n) is 7.31. The number of fused-ring (bicyclic) bond motifs is 1. The molecule has 21 heavy (non-hydrogen) atoms. The van der Waals surface area contributed by atoms with Crippen LogP contribution in [0.25, 0.3) is 0 Å². The van der Waals surface area contributed by atoms with Crippen molar-refractivity contribution in [1.29, 1.82) is 0 Å². The van der Waals surface area contributed by atoms with E-state index in [1.165, 1.54) is 0 Å². The van der Waals surface area contributed by atoms with Crippen molar-refractivity contribution in [3.05, 3.63) is 47.3 Å². The van der Waals surface area contributed by atoms with Crippen LogP contribution in [0.15, 0.2) is 30.3 Å². The van der Waals surface area contributed by atoms with Gasteiger partial charge in [-0.15, -0.1) is 0 Å². The summed E-state index contributed by atoms with van der Waals surface area (Å²) >= 11 is 0. The highest BCUT2D eigenvalue weighted by molar-refractivity contribution is 5.96. The van der Waals surface area contributed by atoms with Crippen LogP contribution in [0.5, 0.6) is 0 Å². The fourth-order valence-corrected chi connectivity index (χ4v) is 2.79. The molecular formula is C16H20N4O. The zero-order valence-electron chi connectivity index (χ0n) is 12.5. The molecule has 1 aromatic heterocycles. The summed E-state index contributed by atoms with van der Waals surface area (Å²) in [5.74, 6) is 0.0986. The SMILES string of the molecule is CCn1nc(C)cc1CN1C(=O)CNCc2ccccc21. The minimum absolute atomic E-state index is 0.0986. The molecule has 0 unspecified atom stereocenters. The zero-order valence-corrected chi connectivity index (χ0v) is 12.5. The average Bonchev–Trinajstić information content (AvgIpc) is 2.77. The summed E-state index contributed by atoms with van der Waals surface area (Å²) in [7, 11) is 0. The van der Waals surface area contributed by atoms with E-state index in [-0.39, 0.29) is 5.91 Å². The predicted octanol–water partition coefficient (Wildman–Crippen LogP) is 1.85. The van der Waals surface area contributed by atoms with Gasteiger partial charge in [-0.25, -0.2) is 0 Å². The topological polar surface area (TPSA) is 50.2 Å². The van der Waals surface area contributed by atoms with Crippen molar-refractivity contribution in [2.75, 3.05) is 11.4 Å². The van der Waals surface area contributed by atoms with E-state index in [1.54, 1.807) is 0 Å². The first kappa shape index (κ1) is 13.8. The predicted molar refractivity (Wildman–Crippen MR) is 82.0 cm³/mol. The van der Waals surface area contributed by atoms with Crippen LogP contribution < -0.4 is 10.2 Å². The smallest absolute Gasteiger partial charge is 0.241 e. The molecule has 0 atom stereocenters. The Hall–Kier alpha value is -2.14. The molecule has 5 nitrogen and oxygen atoms in total. The Kier molecular flexibility index (Phi) is 3.75. The van der Waals surface area contributed by atoms with Crippen molar-refractivity contribution >= 4 is 11.6 Å². The maximum atomic E-state index is 12.4. The molecule has 3 rings (SSSR count). The maximum absolute atomic E-state index is 12.4. The van der Waals surface area contributed by atoms with Gasteiger partial charge in [0.25, 0.3) is 0 Å². The van der Waals surface area contributed by atoms with E-state index >= 15 is 0 Å². The number of carbonyl (C=O) groups is 1. The average molecular weight is 284 g/mol. The lowest BCUT2D eigenvalue weighted by Crippen LogP contribution is -2.35. The Balaban J connectivity index is 1.97. The van der Waals surface area contributed by atoms with Gasteiger partial charge in [-0.2, -0.15) is 5.10 Å². The highest BCUT2D eigenvalue weighted by atomic mass is 16.2. The third-order valence-electron chi connectivity index (χ3n) is 3.78. The van der Waals surface area contributed by atoms with E-state index in [2.05, 4.69) is 29.5 Å². The number of nitrogens with zero attached hydrogens (tertiary/aromatic N) is 3. The van der Waals surface area contributed by atoms with Crippen molar-refractivity contribution in [3.8, 4) is 0 Å². The summed E-state index contributed by atoms with van der Waals surface area (Å²) in [6.45, 7) is 6.51. The minimum Gasteiger partial charge on any atom is -0.305 e. The molecule has 0 bridgehead atoms. The minimum atomic E-state index is 0.0986. The van der Waals surface area contributed by atoms with Gasteiger partial charge in [0.05, 0.1) is 24.5 Å². The standard InChI is InChI=1S/C16H20N4O/c1-3-20-14(8-12(2)18-20)11-19-15-7-5-4-6-13(15)9-17-10-16(19)21/h4-8,17H,3,9-11H2,1-2H3. The van der Waals surface area contributed by atoms with Crippen LogP contribution in [-0.4, -0.2) is 22.2 Å². The lowest BCUT2D eigenvalue weighted by molar-refractivity contribution is -0.117. The molecule has 1 aromatic carbocycles. The van der Waals surface area contributed by atoms with Gasteiger partial charge < -0.3 is 10.2 Å². The third kappa shape index (κ3) is 2.69. The summed E-state index contributed by atoms with van der Waals surface area (Å²) in [5.41, 5.74) is 4.21. The number of para-hydroxylation sites is 1. The molecule has 1 N–H and O–H groups in total. The highest BCUT2D eigenvalue weighted by Gasteiger charge is 2.23. The second-order valence-corrected chi connectivity index (χ2v) is 5.30. The number of benzene rings is 1. The third-order valence-corrected chi connectivity index (χ3v) is 3.78. The molecule has 0 radical (unpaired) electrons. The molecule has 1 amide bonds. The van der Waals surface area contributed by atoms with Crippen LogP contribution in [0, 0.1) is 6.92 Å². The van der Waals surface area contributed by atoms with Crippen LogP contribution in [0.1, 0.15) is 23.9 Å². The molecule has 1 aliphatic rings. The maximum Gasteiger partial charge on any atom is 0.241 e. The van der Waals surface area contributed by atoms with Gasteiger partial charge in [0.15, 0.2) is 0 Å². The first-order valence-corrected chi connectivity index (χ1v) is 7.31. The molecule has 2 aromatic rings. The van der Waals surface area contributed by atoms with Crippen molar-refractivity contribution in [1.82, 2.24) is 15.1 Å². The van der Waals surface area contributed by atoms with E-state index in [9.17, 15) is 4.79 Å². The Morgan fingerprint density at radius 2 is 2.10 bits per heavy atom. The number of anilines is 1. The normalized spacial score (nSPS) is 15.0. The molecule has 0 saturated heterocycles. The lowest BCUT2D eigenvalue weighted by Gasteiger charge is -2.23. The first-order chi connectivity index (χ1) is 10.2. The molecule has 0 fully saturated rings. The fourth-order valence-electron chi connectivity index (χ4n) is 2.79. The van der Waals surface area contributed by atoms with Crippen molar-refractivity contribution in [2.24, 2.45) is 0 Å². The van der Waals surface area contributed by atoms with Crippen molar-refractivity contribution in [3.63, 3.8) is 0 Å². The summed E-state index contributed by atoms with van der Waals surface area (Å²) < 4.78 is 1.96. The second-order valence-electron chi connectivity index (χ2n) is 5.30. The van der Waals surface area contributed by atoms with Gasteiger partial charge in [-0.05, 0) is 31.5 Å². The second kappa shape index (κ2) is 5.69. The van der Waals surface area contributed by atoms with E-state index in [4.69, 9.17) is 0 Å². The van der Waals surface area contributed by atoms with E-state index in [0.717, 1.165) is 35.7 Å². The summed E-state index contributed by atoms with van der Waals surface area (Å²) in [6.07, 6.45) is 0. The molecule has 2 heterocycles. The van der Waals surface area contributed by atoms with Crippen molar-refractivity contribution in [2.45, 2.75) is 33.5 Å². The van der Waals surface area contributed by atoms with Gasteiger partial charge >= 0.3 is 0 Å². The number of nitrogens with one attached hydrogen (secondary N) is 1. The molecule has 0 aliphatic carbocycles. The number of rotatable bonds is 3. The Labute approximate surface area is 124 Å². The highest BCUT2D eigenvalue weighted by Crippen LogP contribution is 2.24. The van der Waals surface area contributed by atoms with Crippen molar-refractivity contribution < 1.29 is 4.79 Å². The van der Waals surface area contributed by atoms with Crippen LogP contribution in [-0.2, 0) is 24.4 Å². The molecular weight excluding hydrogens is 264 g/mol. The quantitative estimate of drug-likeness (QED) is 0.936. The number of hydrogen-bond donors (Lipinski definition) is 1. The van der Waals surface area contributed by atoms with Gasteiger partial charge in [0, 0.05) is 18.8 Å². The van der Waals surface area contributed by atoms with E-state index in [0.29, 0.717) is 13.1 Å². The Morgan fingerprint density at radius 1 is 1.29 bits per heavy atom. The Morgan fingerprint density at radius 3 is 2.90 bits per heavy atom. The van der Waals surface area contributed by atoms with Crippen LogP contribution >= 0.6 is 0 Å². The molecule has 1 aliphatic heterocycles. The monoisotopic (exact) mass is 284 g/mol. The Bertz CT molecular complexity index is 662. The van der Waals surface area contributed by atoms with Gasteiger partial charge in [-0.1, -0.05) is 18.2 Å². The number of amides is 1. The van der Waals surface area contributed by atoms with Crippen LogP contribution in [0.4, 0.5) is 5.69 Å².